The van der Waals surface area contributed by atoms with Crippen LogP contribution in [-0.4, -0.2) is 30.8 Å². The molecule has 2 aromatic rings. The molecule has 1 N–H and O–H groups in total. The van der Waals surface area contributed by atoms with Crippen molar-refractivity contribution in [3.8, 4) is 5.82 Å². The second-order valence-corrected chi connectivity index (χ2v) is 3.51. The van der Waals surface area contributed by atoms with Crippen molar-refractivity contribution in [2.45, 2.75) is 6.92 Å². The largest absolute Gasteiger partial charge is 0.478 e. The molecule has 8 nitrogen and oxygen atoms in total. The van der Waals surface area contributed by atoms with Crippen LogP contribution in [0.25, 0.3) is 5.82 Å². The van der Waals surface area contributed by atoms with Crippen LogP contribution in [0.5, 0.6) is 0 Å². The molecule has 0 bridgehead atoms. The number of aromatic nitrogens is 3. The lowest BCUT2D eigenvalue weighted by Crippen LogP contribution is -1.99. The highest BCUT2D eigenvalue weighted by Gasteiger charge is 2.14. The molecule has 0 aromatic carbocycles. The van der Waals surface area contributed by atoms with Crippen LogP contribution < -0.4 is 0 Å². The quantitative estimate of drug-likeness (QED) is 0.644. The summed E-state index contributed by atoms with van der Waals surface area (Å²) in [5.41, 5.74) is 0.212. The van der Waals surface area contributed by atoms with Gasteiger partial charge in [0.2, 0.25) is 0 Å². The Morgan fingerprint density at radius 2 is 2.28 bits per heavy atom. The molecule has 0 spiro atoms. The number of rotatable bonds is 3. The fourth-order valence-corrected chi connectivity index (χ4v) is 1.43. The number of carbonyl (C=O) groups is 1. The summed E-state index contributed by atoms with van der Waals surface area (Å²) in [6, 6.07) is 2.47. The zero-order valence-electron chi connectivity index (χ0n) is 9.27. The topological polar surface area (TPSA) is 111 Å². The van der Waals surface area contributed by atoms with E-state index in [1.165, 1.54) is 36.1 Å². The first-order chi connectivity index (χ1) is 8.49. The average molecular weight is 248 g/mol. The van der Waals surface area contributed by atoms with Gasteiger partial charge in [-0.2, -0.15) is 5.10 Å². The van der Waals surface area contributed by atoms with Crippen LogP contribution in [0.15, 0.2) is 24.5 Å². The molecule has 0 aliphatic heterocycles. The summed E-state index contributed by atoms with van der Waals surface area (Å²) in [4.78, 5) is 24.8. The van der Waals surface area contributed by atoms with E-state index in [9.17, 15) is 14.9 Å². The van der Waals surface area contributed by atoms with Gasteiger partial charge in [0.15, 0.2) is 5.82 Å². The molecule has 0 saturated carbocycles. The molecule has 2 rings (SSSR count). The number of pyridine rings is 1. The predicted octanol–water partition coefficient (Wildman–Crippen LogP) is 1.18. The molecule has 0 fully saturated rings. The summed E-state index contributed by atoms with van der Waals surface area (Å²) in [6.45, 7) is 1.54. The number of nitrogens with zero attached hydrogens (tertiary/aromatic N) is 4. The van der Waals surface area contributed by atoms with Gasteiger partial charge in [0, 0.05) is 18.5 Å². The number of aromatic carboxylic acids is 1. The number of hydrogen-bond acceptors (Lipinski definition) is 5. The Morgan fingerprint density at radius 1 is 1.56 bits per heavy atom. The van der Waals surface area contributed by atoms with E-state index in [0.29, 0.717) is 5.69 Å². The number of hydrogen-bond donors (Lipinski definition) is 1. The third-order valence-electron chi connectivity index (χ3n) is 2.30. The fraction of sp³-hybridized carbons (Fsp3) is 0.100. The van der Waals surface area contributed by atoms with E-state index >= 15 is 0 Å². The van der Waals surface area contributed by atoms with Gasteiger partial charge in [-0.05, 0) is 6.92 Å². The molecule has 0 radical (unpaired) electrons. The van der Waals surface area contributed by atoms with Gasteiger partial charge in [-0.1, -0.05) is 0 Å². The van der Waals surface area contributed by atoms with Crippen molar-refractivity contribution in [3.05, 3.63) is 45.9 Å². The highest BCUT2D eigenvalue weighted by Crippen LogP contribution is 2.15. The van der Waals surface area contributed by atoms with Crippen molar-refractivity contribution < 1.29 is 14.8 Å². The molecule has 0 unspecified atom stereocenters. The lowest BCUT2D eigenvalue weighted by atomic mass is 10.3. The minimum atomic E-state index is -1.11. The lowest BCUT2D eigenvalue weighted by Gasteiger charge is -1.98. The Kier molecular flexibility index (Phi) is 2.76. The summed E-state index contributed by atoms with van der Waals surface area (Å²) in [6.07, 6.45) is 2.54. The third kappa shape index (κ3) is 2.03. The minimum Gasteiger partial charge on any atom is -0.478 e. The van der Waals surface area contributed by atoms with Crippen LogP contribution in [0.2, 0.25) is 0 Å². The molecule has 0 saturated heterocycles. The molecule has 0 amide bonds. The molecule has 8 heteroatoms. The average Bonchev–Trinajstić information content (AvgIpc) is 2.71. The van der Waals surface area contributed by atoms with Crippen LogP contribution in [0.4, 0.5) is 5.69 Å². The Morgan fingerprint density at radius 3 is 2.83 bits per heavy atom. The van der Waals surface area contributed by atoms with Crippen LogP contribution in [-0.2, 0) is 0 Å². The summed E-state index contributed by atoms with van der Waals surface area (Å²) in [5, 5.41) is 23.5. The van der Waals surface area contributed by atoms with Crippen LogP contribution in [0.1, 0.15) is 16.1 Å². The van der Waals surface area contributed by atoms with Gasteiger partial charge < -0.3 is 5.11 Å². The minimum absolute atomic E-state index is 0.0308. The van der Waals surface area contributed by atoms with E-state index in [1.807, 2.05) is 0 Å². The van der Waals surface area contributed by atoms with Gasteiger partial charge in [0.1, 0.15) is 5.56 Å². The summed E-state index contributed by atoms with van der Waals surface area (Å²) in [5.74, 6) is -0.913. The number of carboxylic acid groups (broad SMARTS) is 1. The number of nitro groups is 1. The maximum absolute atomic E-state index is 10.9. The van der Waals surface area contributed by atoms with Crippen molar-refractivity contribution in [1.82, 2.24) is 14.8 Å². The van der Waals surface area contributed by atoms with Crippen LogP contribution >= 0.6 is 0 Å². The zero-order valence-corrected chi connectivity index (χ0v) is 9.27. The Balaban J connectivity index is 2.49. The fourth-order valence-electron chi connectivity index (χ4n) is 1.43. The van der Waals surface area contributed by atoms with Crippen molar-refractivity contribution in [3.63, 3.8) is 0 Å². The van der Waals surface area contributed by atoms with Gasteiger partial charge in [-0.15, -0.1) is 0 Å². The van der Waals surface area contributed by atoms with Crippen molar-refractivity contribution in [1.29, 1.82) is 0 Å². The first-order valence-corrected chi connectivity index (χ1v) is 4.89. The monoisotopic (exact) mass is 248 g/mol. The third-order valence-corrected chi connectivity index (χ3v) is 2.30. The summed E-state index contributed by atoms with van der Waals surface area (Å²) in [7, 11) is 0. The summed E-state index contributed by atoms with van der Waals surface area (Å²) < 4.78 is 1.20. The van der Waals surface area contributed by atoms with Gasteiger partial charge in [-0.3, -0.25) is 10.1 Å². The zero-order chi connectivity index (χ0) is 13.3. The van der Waals surface area contributed by atoms with Crippen molar-refractivity contribution >= 4 is 11.7 Å². The van der Waals surface area contributed by atoms with Gasteiger partial charge >= 0.3 is 5.97 Å². The standard InChI is InChI=1S/C10H8N4O4/c1-6-8(10(15)16)5-13(12-6)9-4-7(14(17)18)2-3-11-9/h2-5H,1H3,(H,15,16). The maximum Gasteiger partial charge on any atom is 0.339 e. The normalized spacial score (nSPS) is 10.3. The number of aryl methyl sites for hydroxylation is 1. The first kappa shape index (κ1) is 11.7. The Labute approximate surface area is 101 Å². The molecule has 0 atom stereocenters. The molecule has 0 aliphatic rings. The van der Waals surface area contributed by atoms with E-state index in [-0.39, 0.29) is 17.1 Å². The van der Waals surface area contributed by atoms with E-state index in [2.05, 4.69) is 10.1 Å². The highest BCUT2D eigenvalue weighted by atomic mass is 16.6. The first-order valence-electron chi connectivity index (χ1n) is 4.89. The van der Waals surface area contributed by atoms with E-state index < -0.39 is 10.9 Å². The lowest BCUT2D eigenvalue weighted by molar-refractivity contribution is -0.384. The molecular weight excluding hydrogens is 240 g/mol. The Bertz CT molecular complexity index is 635. The van der Waals surface area contributed by atoms with Gasteiger partial charge in [0.25, 0.3) is 5.69 Å². The smallest absolute Gasteiger partial charge is 0.339 e. The van der Waals surface area contributed by atoms with E-state index in [4.69, 9.17) is 5.11 Å². The second kappa shape index (κ2) is 4.24. The number of carboxylic acids is 1. The maximum atomic E-state index is 10.9. The highest BCUT2D eigenvalue weighted by molar-refractivity contribution is 5.88. The molecule has 2 heterocycles. The Hall–Kier alpha value is -2.77. The molecule has 2 aromatic heterocycles. The van der Waals surface area contributed by atoms with Crippen LogP contribution in [0.3, 0.4) is 0 Å². The molecule has 0 aliphatic carbocycles. The van der Waals surface area contributed by atoms with Gasteiger partial charge in [-0.25, -0.2) is 14.5 Å². The van der Waals surface area contributed by atoms with E-state index in [1.54, 1.807) is 0 Å². The van der Waals surface area contributed by atoms with Gasteiger partial charge in [0.05, 0.1) is 16.7 Å². The van der Waals surface area contributed by atoms with E-state index in [0.717, 1.165) is 0 Å². The molecule has 18 heavy (non-hydrogen) atoms. The second-order valence-electron chi connectivity index (χ2n) is 3.51. The van der Waals surface area contributed by atoms with Crippen molar-refractivity contribution in [2.24, 2.45) is 0 Å². The predicted molar refractivity (Wildman–Crippen MR) is 59.7 cm³/mol. The molecule has 92 valence electrons. The SMILES string of the molecule is Cc1nn(-c2cc([N+](=O)[O-])ccn2)cc1C(=O)O. The summed E-state index contributed by atoms with van der Waals surface area (Å²) >= 11 is 0. The van der Waals surface area contributed by atoms with Crippen molar-refractivity contribution in [2.75, 3.05) is 0 Å². The molecular formula is C10H8N4O4. The van der Waals surface area contributed by atoms with Crippen LogP contribution in [0, 0.1) is 17.0 Å².